The van der Waals surface area contributed by atoms with E-state index >= 15 is 0 Å². The summed E-state index contributed by atoms with van der Waals surface area (Å²) in [5, 5.41) is 12.7. The number of hydrogen-bond donors (Lipinski definition) is 2. The van der Waals surface area contributed by atoms with Gasteiger partial charge in [0.1, 0.15) is 0 Å². The lowest BCUT2D eigenvalue weighted by Crippen LogP contribution is -2.54. The van der Waals surface area contributed by atoms with E-state index in [2.05, 4.69) is 42.3 Å². The summed E-state index contributed by atoms with van der Waals surface area (Å²) in [6.45, 7) is 7.58. The first kappa shape index (κ1) is 17.1. The molecule has 0 bridgehead atoms. The number of nitrogens with zero attached hydrogens (tertiary/aromatic N) is 2. The fourth-order valence-corrected chi connectivity index (χ4v) is 3.71. The lowest BCUT2D eigenvalue weighted by molar-refractivity contribution is 0.115. The summed E-state index contributed by atoms with van der Waals surface area (Å²) in [7, 11) is 0. The minimum absolute atomic E-state index is 0.0528. The van der Waals surface area contributed by atoms with Crippen LogP contribution >= 0.6 is 0 Å². The van der Waals surface area contributed by atoms with E-state index in [-0.39, 0.29) is 18.2 Å². The van der Waals surface area contributed by atoms with E-state index in [1.807, 2.05) is 4.90 Å². The third-order valence-electron chi connectivity index (χ3n) is 5.51. The minimum atomic E-state index is -0.181. The van der Waals surface area contributed by atoms with Crippen LogP contribution in [-0.4, -0.2) is 54.4 Å². The fraction of sp³-hybridized carbons (Fsp3) is 0.632. The Kier molecular flexibility index (Phi) is 5.29. The maximum atomic E-state index is 12.4. The van der Waals surface area contributed by atoms with Crippen LogP contribution in [0, 0.1) is 13.8 Å². The second kappa shape index (κ2) is 7.43. The predicted octanol–water partition coefficient (Wildman–Crippen LogP) is 2.44. The number of nitrogens with one attached hydrogen (secondary N) is 1. The molecule has 2 amide bonds. The Bertz CT molecular complexity index is 574. The lowest BCUT2D eigenvalue weighted by atomic mass is 9.93. The molecule has 1 aromatic carbocycles. The van der Waals surface area contributed by atoms with Crippen molar-refractivity contribution >= 4 is 11.7 Å². The van der Waals surface area contributed by atoms with Gasteiger partial charge in [-0.1, -0.05) is 12.1 Å². The molecule has 1 saturated carbocycles. The molecule has 0 spiro atoms. The Morgan fingerprint density at radius 2 is 1.75 bits per heavy atom. The SMILES string of the molecule is Cc1cccc(N2CCN(C(=O)NC3CCC(O)CC3)CC2)c1C. The van der Waals surface area contributed by atoms with Gasteiger partial charge < -0.3 is 20.2 Å². The summed E-state index contributed by atoms with van der Waals surface area (Å²) < 4.78 is 0. The van der Waals surface area contributed by atoms with E-state index in [4.69, 9.17) is 0 Å². The lowest BCUT2D eigenvalue weighted by Gasteiger charge is -2.38. The van der Waals surface area contributed by atoms with Crippen LogP contribution in [0.2, 0.25) is 0 Å². The van der Waals surface area contributed by atoms with Gasteiger partial charge in [0.25, 0.3) is 0 Å². The van der Waals surface area contributed by atoms with Crippen molar-refractivity contribution in [2.45, 2.75) is 51.7 Å². The molecular formula is C19H29N3O2. The van der Waals surface area contributed by atoms with E-state index in [0.29, 0.717) is 0 Å². The van der Waals surface area contributed by atoms with Crippen LogP contribution in [-0.2, 0) is 0 Å². The highest BCUT2D eigenvalue weighted by Crippen LogP contribution is 2.24. The predicted molar refractivity (Wildman–Crippen MR) is 96.5 cm³/mol. The van der Waals surface area contributed by atoms with Crippen LogP contribution in [0.25, 0.3) is 0 Å². The van der Waals surface area contributed by atoms with Crippen molar-refractivity contribution in [3.8, 4) is 0 Å². The monoisotopic (exact) mass is 331 g/mol. The number of carbonyl (C=O) groups is 1. The Balaban J connectivity index is 1.51. The van der Waals surface area contributed by atoms with Crippen molar-refractivity contribution < 1.29 is 9.90 Å². The molecule has 0 atom stereocenters. The quantitative estimate of drug-likeness (QED) is 0.875. The molecule has 3 rings (SSSR count). The Morgan fingerprint density at radius 1 is 1.08 bits per heavy atom. The first-order valence-electron chi connectivity index (χ1n) is 9.09. The van der Waals surface area contributed by atoms with E-state index in [9.17, 15) is 9.90 Å². The van der Waals surface area contributed by atoms with Crippen molar-refractivity contribution in [3.63, 3.8) is 0 Å². The Labute approximate surface area is 144 Å². The Morgan fingerprint density at radius 3 is 2.42 bits per heavy atom. The number of hydrogen-bond acceptors (Lipinski definition) is 3. The molecule has 0 unspecified atom stereocenters. The molecule has 1 aromatic rings. The van der Waals surface area contributed by atoms with Crippen molar-refractivity contribution in [1.29, 1.82) is 0 Å². The summed E-state index contributed by atoms with van der Waals surface area (Å²) in [5.74, 6) is 0. The van der Waals surface area contributed by atoms with E-state index < -0.39 is 0 Å². The number of benzene rings is 1. The first-order valence-corrected chi connectivity index (χ1v) is 9.09. The van der Waals surface area contributed by atoms with Crippen molar-refractivity contribution in [2.24, 2.45) is 0 Å². The van der Waals surface area contributed by atoms with Crippen LogP contribution in [0.1, 0.15) is 36.8 Å². The molecule has 5 nitrogen and oxygen atoms in total. The molecule has 2 fully saturated rings. The summed E-state index contributed by atoms with van der Waals surface area (Å²) in [6, 6.07) is 6.69. The number of aliphatic hydroxyl groups excluding tert-OH is 1. The average molecular weight is 331 g/mol. The van der Waals surface area contributed by atoms with Crippen LogP contribution in [0.3, 0.4) is 0 Å². The van der Waals surface area contributed by atoms with Crippen molar-refractivity contribution in [1.82, 2.24) is 10.2 Å². The number of rotatable bonds is 2. The van der Waals surface area contributed by atoms with Gasteiger partial charge in [0, 0.05) is 37.9 Å². The summed E-state index contributed by atoms with van der Waals surface area (Å²) in [6.07, 6.45) is 3.18. The molecule has 0 radical (unpaired) electrons. The van der Waals surface area contributed by atoms with Gasteiger partial charge in [-0.05, 0) is 56.7 Å². The van der Waals surface area contributed by atoms with Gasteiger partial charge in [-0.15, -0.1) is 0 Å². The van der Waals surface area contributed by atoms with Gasteiger partial charge in [-0.2, -0.15) is 0 Å². The molecule has 24 heavy (non-hydrogen) atoms. The molecule has 1 aliphatic carbocycles. The highest BCUT2D eigenvalue weighted by atomic mass is 16.3. The fourth-order valence-electron chi connectivity index (χ4n) is 3.71. The number of urea groups is 1. The summed E-state index contributed by atoms with van der Waals surface area (Å²) >= 11 is 0. The molecule has 2 aliphatic rings. The average Bonchev–Trinajstić information content (AvgIpc) is 2.59. The number of aryl methyl sites for hydroxylation is 1. The molecule has 5 heteroatoms. The second-order valence-electron chi connectivity index (χ2n) is 7.15. The first-order chi connectivity index (χ1) is 11.5. The second-order valence-corrected chi connectivity index (χ2v) is 7.15. The third-order valence-corrected chi connectivity index (χ3v) is 5.51. The molecule has 2 N–H and O–H groups in total. The zero-order chi connectivity index (χ0) is 17.1. The number of carbonyl (C=O) groups excluding carboxylic acids is 1. The summed E-state index contributed by atoms with van der Waals surface area (Å²) in [5.41, 5.74) is 3.93. The van der Waals surface area contributed by atoms with E-state index in [1.54, 1.807) is 0 Å². The normalized spacial score (nSPS) is 24.8. The number of piperazine rings is 1. The zero-order valence-electron chi connectivity index (χ0n) is 14.8. The van der Waals surface area contributed by atoms with E-state index in [1.165, 1.54) is 16.8 Å². The molecular weight excluding hydrogens is 302 g/mol. The van der Waals surface area contributed by atoms with Crippen LogP contribution < -0.4 is 10.2 Å². The molecule has 0 aromatic heterocycles. The van der Waals surface area contributed by atoms with Crippen molar-refractivity contribution in [3.05, 3.63) is 29.3 Å². The van der Waals surface area contributed by atoms with Gasteiger partial charge in [-0.3, -0.25) is 0 Å². The number of amides is 2. The number of aliphatic hydroxyl groups is 1. The smallest absolute Gasteiger partial charge is 0.317 e. The standard InChI is InChI=1S/C19H29N3O2/c1-14-4-3-5-18(15(14)2)21-10-12-22(13-11-21)19(24)20-16-6-8-17(23)9-7-16/h3-5,16-17,23H,6-13H2,1-2H3,(H,20,24). The topological polar surface area (TPSA) is 55.8 Å². The highest BCUT2D eigenvalue weighted by Gasteiger charge is 2.26. The third kappa shape index (κ3) is 3.83. The van der Waals surface area contributed by atoms with Gasteiger partial charge in [0.15, 0.2) is 0 Å². The maximum absolute atomic E-state index is 12.4. The highest BCUT2D eigenvalue weighted by molar-refractivity contribution is 5.75. The number of anilines is 1. The molecule has 132 valence electrons. The van der Waals surface area contributed by atoms with Crippen molar-refractivity contribution in [2.75, 3.05) is 31.1 Å². The van der Waals surface area contributed by atoms with Gasteiger partial charge in [0.2, 0.25) is 0 Å². The van der Waals surface area contributed by atoms with Gasteiger partial charge >= 0.3 is 6.03 Å². The van der Waals surface area contributed by atoms with Gasteiger partial charge in [-0.25, -0.2) is 4.79 Å². The molecule has 1 saturated heterocycles. The summed E-state index contributed by atoms with van der Waals surface area (Å²) in [4.78, 5) is 16.7. The zero-order valence-corrected chi connectivity index (χ0v) is 14.8. The minimum Gasteiger partial charge on any atom is -0.393 e. The van der Waals surface area contributed by atoms with Gasteiger partial charge in [0.05, 0.1) is 6.10 Å². The largest absolute Gasteiger partial charge is 0.393 e. The van der Waals surface area contributed by atoms with Crippen LogP contribution in [0.4, 0.5) is 10.5 Å². The molecule has 1 aliphatic heterocycles. The maximum Gasteiger partial charge on any atom is 0.317 e. The van der Waals surface area contributed by atoms with Crippen LogP contribution in [0.15, 0.2) is 18.2 Å². The van der Waals surface area contributed by atoms with Crippen LogP contribution in [0.5, 0.6) is 0 Å². The Hall–Kier alpha value is -1.75. The molecule has 1 heterocycles. The van der Waals surface area contributed by atoms with E-state index in [0.717, 1.165) is 51.9 Å².